The summed E-state index contributed by atoms with van der Waals surface area (Å²) in [6.45, 7) is 1.00. The molecule has 2 fully saturated rings. The summed E-state index contributed by atoms with van der Waals surface area (Å²) in [4.78, 5) is 2.44. The zero-order chi connectivity index (χ0) is 18.9. The summed E-state index contributed by atoms with van der Waals surface area (Å²) in [6, 6.07) is 15.0. The number of piperidine rings is 1. The fourth-order valence-corrected chi connectivity index (χ4v) is 4.72. The highest BCUT2D eigenvalue weighted by molar-refractivity contribution is 5.34. The molecule has 0 spiro atoms. The van der Waals surface area contributed by atoms with Gasteiger partial charge in [0, 0.05) is 29.8 Å². The number of hydrogen-bond donors (Lipinski definition) is 1. The van der Waals surface area contributed by atoms with Crippen LogP contribution in [-0.4, -0.2) is 28.7 Å². The molecule has 4 heteroatoms. The Hall–Kier alpha value is -2.35. The van der Waals surface area contributed by atoms with E-state index in [1.807, 2.05) is 18.2 Å². The SMILES string of the molecule is C#CCOc1ccccc1CN1[C@@H]2CC[C@@H]1CC(O)(c1ccccc1F)C2. The van der Waals surface area contributed by atoms with Crippen molar-refractivity contribution in [3.05, 3.63) is 65.5 Å². The average Bonchev–Trinajstić information content (AvgIpc) is 2.91. The van der Waals surface area contributed by atoms with Crippen LogP contribution >= 0.6 is 0 Å². The first-order chi connectivity index (χ1) is 13.1. The van der Waals surface area contributed by atoms with Crippen LogP contribution in [0.15, 0.2) is 48.5 Å². The third kappa shape index (κ3) is 3.45. The highest BCUT2D eigenvalue weighted by Gasteiger charge is 2.49. The summed E-state index contributed by atoms with van der Waals surface area (Å²) in [5, 5.41) is 11.2. The largest absolute Gasteiger partial charge is 0.481 e. The molecule has 4 rings (SSSR count). The molecule has 0 unspecified atom stereocenters. The normalized spacial score (nSPS) is 27.3. The molecule has 2 aromatic rings. The summed E-state index contributed by atoms with van der Waals surface area (Å²) in [5.41, 5.74) is 0.438. The number of aliphatic hydroxyl groups is 1. The minimum atomic E-state index is -1.09. The van der Waals surface area contributed by atoms with E-state index in [-0.39, 0.29) is 24.5 Å². The van der Waals surface area contributed by atoms with Crippen LogP contribution in [0, 0.1) is 18.2 Å². The van der Waals surface area contributed by atoms with Crippen molar-refractivity contribution in [2.45, 2.75) is 49.9 Å². The monoisotopic (exact) mass is 365 g/mol. The zero-order valence-corrected chi connectivity index (χ0v) is 15.3. The minimum absolute atomic E-state index is 0.231. The molecule has 27 heavy (non-hydrogen) atoms. The van der Waals surface area contributed by atoms with Gasteiger partial charge in [-0.15, -0.1) is 6.42 Å². The van der Waals surface area contributed by atoms with E-state index in [1.54, 1.807) is 18.2 Å². The van der Waals surface area contributed by atoms with Crippen molar-refractivity contribution >= 4 is 0 Å². The van der Waals surface area contributed by atoms with Gasteiger partial charge in [-0.05, 0) is 37.8 Å². The number of nitrogens with zero attached hydrogens (tertiary/aromatic N) is 1. The first kappa shape index (κ1) is 18.0. The maximum absolute atomic E-state index is 14.3. The molecule has 2 saturated heterocycles. The maximum Gasteiger partial charge on any atom is 0.148 e. The fraction of sp³-hybridized carbons (Fsp3) is 0.391. The lowest BCUT2D eigenvalue weighted by atomic mass is 9.80. The molecule has 0 aromatic heterocycles. The van der Waals surface area contributed by atoms with Gasteiger partial charge in [-0.3, -0.25) is 4.90 Å². The van der Waals surface area contributed by atoms with Gasteiger partial charge in [-0.25, -0.2) is 4.39 Å². The summed E-state index contributed by atoms with van der Waals surface area (Å²) in [7, 11) is 0. The van der Waals surface area contributed by atoms with E-state index in [0.717, 1.165) is 30.7 Å². The zero-order valence-electron chi connectivity index (χ0n) is 15.3. The molecule has 3 nitrogen and oxygen atoms in total. The second-order valence-electron chi connectivity index (χ2n) is 7.58. The molecule has 0 saturated carbocycles. The lowest BCUT2D eigenvalue weighted by Crippen LogP contribution is -2.49. The number of ether oxygens (including phenoxy) is 1. The molecule has 2 aliphatic rings. The van der Waals surface area contributed by atoms with Crippen molar-refractivity contribution < 1.29 is 14.2 Å². The first-order valence-electron chi connectivity index (χ1n) is 9.48. The van der Waals surface area contributed by atoms with Gasteiger partial charge < -0.3 is 9.84 Å². The Morgan fingerprint density at radius 3 is 2.48 bits per heavy atom. The lowest BCUT2D eigenvalue weighted by Gasteiger charge is -2.44. The van der Waals surface area contributed by atoms with Crippen molar-refractivity contribution in [2.24, 2.45) is 0 Å². The Kier molecular flexibility index (Phi) is 4.90. The molecule has 1 N–H and O–H groups in total. The van der Waals surface area contributed by atoms with E-state index in [4.69, 9.17) is 11.2 Å². The number of terminal acetylenes is 1. The minimum Gasteiger partial charge on any atom is -0.481 e. The van der Waals surface area contributed by atoms with Gasteiger partial charge in [0.15, 0.2) is 0 Å². The van der Waals surface area contributed by atoms with Crippen LogP contribution in [0.5, 0.6) is 5.75 Å². The Bertz CT molecular complexity index is 845. The summed E-state index contributed by atoms with van der Waals surface area (Å²) < 4.78 is 20.0. The number of hydrogen-bond acceptors (Lipinski definition) is 3. The van der Waals surface area contributed by atoms with Gasteiger partial charge in [0.25, 0.3) is 0 Å². The molecular formula is C23H24FNO2. The van der Waals surface area contributed by atoms with Crippen LogP contribution in [0.1, 0.15) is 36.8 Å². The Labute approximate surface area is 159 Å². The van der Waals surface area contributed by atoms with Crippen LogP contribution < -0.4 is 4.74 Å². The smallest absolute Gasteiger partial charge is 0.148 e. The highest BCUT2D eigenvalue weighted by atomic mass is 19.1. The van der Waals surface area contributed by atoms with E-state index in [2.05, 4.69) is 16.9 Å². The summed E-state index contributed by atoms with van der Waals surface area (Å²) in [6.07, 6.45) is 8.47. The first-order valence-corrected chi connectivity index (χ1v) is 9.48. The molecule has 0 amide bonds. The maximum atomic E-state index is 14.3. The van der Waals surface area contributed by atoms with Crippen LogP contribution in [0.3, 0.4) is 0 Å². The predicted octanol–water partition coefficient (Wildman–Crippen LogP) is 3.85. The van der Waals surface area contributed by atoms with Crippen molar-refractivity contribution in [1.29, 1.82) is 0 Å². The highest BCUT2D eigenvalue weighted by Crippen LogP contribution is 2.47. The van der Waals surface area contributed by atoms with E-state index < -0.39 is 5.60 Å². The Morgan fingerprint density at radius 1 is 1.11 bits per heavy atom. The standard InChI is InChI=1S/C23H24FNO2/c1-2-13-27-22-10-6-3-7-17(22)16-25-18-11-12-19(25)15-23(26,14-18)20-8-4-5-9-21(20)24/h1,3-10,18-19,26H,11-16H2/t18-,19-/m1/s1. The topological polar surface area (TPSA) is 32.7 Å². The molecule has 2 atom stereocenters. The quantitative estimate of drug-likeness (QED) is 0.817. The number of fused-ring (bicyclic) bond motifs is 2. The molecule has 2 bridgehead atoms. The molecule has 2 aliphatic heterocycles. The third-order valence-corrected chi connectivity index (χ3v) is 5.93. The van der Waals surface area contributed by atoms with Crippen molar-refractivity contribution in [3.8, 4) is 18.1 Å². The lowest BCUT2D eigenvalue weighted by molar-refractivity contribution is -0.0616. The molecular weight excluding hydrogens is 341 g/mol. The fourth-order valence-electron chi connectivity index (χ4n) is 4.72. The summed E-state index contributed by atoms with van der Waals surface area (Å²) in [5.74, 6) is 3.00. The molecule has 140 valence electrons. The van der Waals surface area contributed by atoms with Gasteiger partial charge >= 0.3 is 0 Å². The summed E-state index contributed by atoms with van der Waals surface area (Å²) >= 11 is 0. The van der Waals surface area contributed by atoms with Crippen LogP contribution in [0.2, 0.25) is 0 Å². The van der Waals surface area contributed by atoms with E-state index in [9.17, 15) is 9.50 Å². The van der Waals surface area contributed by atoms with E-state index in [0.29, 0.717) is 18.4 Å². The van der Waals surface area contributed by atoms with Gasteiger partial charge in [0.1, 0.15) is 18.2 Å². The third-order valence-electron chi connectivity index (χ3n) is 5.93. The van der Waals surface area contributed by atoms with Crippen molar-refractivity contribution in [1.82, 2.24) is 4.90 Å². The molecule has 0 radical (unpaired) electrons. The molecule has 0 aliphatic carbocycles. The average molecular weight is 365 g/mol. The predicted molar refractivity (Wildman–Crippen MR) is 103 cm³/mol. The Morgan fingerprint density at radius 2 is 1.78 bits per heavy atom. The number of para-hydroxylation sites is 1. The van der Waals surface area contributed by atoms with Crippen LogP contribution in [0.4, 0.5) is 4.39 Å². The van der Waals surface area contributed by atoms with Gasteiger partial charge in [0.05, 0.1) is 5.60 Å². The molecule has 2 aromatic carbocycles. The van der Waals surface area contributed by atoms with Crippen LogP contribution in [0.25, 0.3) is 0 Å². The van der Waals surface area contributed by atoms with Crippen molar-refractivity contribution in [2.75, 3.05) is 6.61 Å². The van der Waals surface area contributed by atoms with Crippen LogP contribution in [-0.2, 0) is 12.1 Å². The van der Waals surface area contributed by atoms with Crippen molar-refractivity contribution in [3.63, 3.8) is 0 Å². The number of benzene rings is 2. The second-order valence-corrected chi connectivity index (χ2v) is 7.58. The second kappa shape index (κ2) is 7.34. The van der Waals surface area contributed by atoms with Gasteiger partial charge in [-0.1, -0.05) is 42.3 Å². The number of rotatable bonds is 5. The van der Waals surface area contributed by atoms with E-state index in [1.165, 1.54) is 6.07 Å². The van der Waals surface area contributed by atoms with E-state index >= 15 is 0 Å². The number of halogens is 1. The Balaban J connectivity index is 1.54. The molecule has 2 heterocycles. The van der Waals surface area contributed by atoms with Gasteiger partial charge in [0.2, 0.25) is 0 Å². The van der Waals surface area contributed by atoms with Gasteiger partial charge in [-0.2, -0.15) is 0 Å².